The standard InChI is InChI=1S/C38H23NS/c1-3-11-24(12-4-1)30-22-33(26-14-5-2-6-15-26)39-34-23-36-32(28-17-9-10-18-35(28)40-36)21-31(34)29-20-19-25-13-7-8-16-27(25)37(29)38(30)39/h1-23H. The maximum Gasteiger partial charge on any atom is 0.0626 e. The Labute approximate surface area is 235 Å². The van der Waals surface area contributed by atoms with Crippen LogP contribution in [0.5, 0.6) is 0 Å². The lowest BCUT2D eigenvalue weighted by atomic mass is 9.95. The quantitative estimate of drug-likeness (QED) is 0.198. The van der Waals surface area contributed by atoms with Crippen molar-refractivity contribution < 1.29 is 0 Å². The Balaban J connectivity index is 1.60. The third-order valence-electron chi connectivity index (χ3n) is 8.35. The molecule has 3 heterocycles. The van der Waals surface area contributed by atoms with Crippen LogP contribution in [0, 0.1) is 0 Å². The number of hydrogen-bond donors (Lipinski definition) is 0. The van der Waals surface area contributed by atoms with Crippen LogP contribution in [0.1, 0.15) is 0 Å². The number of hydrogen-bond acceptors (Lipinski definition) is 1. The van der Waals surface area contributed by atoms with Gasteiger partial charge in [0.1, 0.15) is 0 Å². The Kier molecular flexibility index (Phi) is 4.55. The summed E-state index contributed by atoms with van der Waals surface area (Å²) in [6.07, 6.45) is 0. The number of benzene rings is 6. The van der Waals surface area contributed by atoms with Crippen molar-refractivity contribution in [1.82, 2.24) is 4.40 Å². The number of pyridine rings is 1. The first-order valence-electron chi connectivity index (χ1n) is 13.7. The minimum Gasteiger partial charge on any atom is -0.308 e. The third kappa shape index (κ3) is 3.03. The molecule has 9 aromatic rings. The molecule has 0 aliphatic rings. The highest BCUT2D eigenvalue weighted by Crippen LogP contribution is 2.45. The van der Waals surface area contributed by atoms with Crippen molar-refractivity contribution in [3.63, 3.8) is 0 Å². The van der Waals surface area contributed by atoms with Crippen LogP contribution in [-0.4, -0.2) is 4.40 Å². The molecule has 6 aromatic carbocycles. The van der Waals surface area contributed by atoms with Gasteiger partial charge >= 0.3 is 0 Å². The van der Waals surface area contributed by atoms with Gasteiger partial charge < -0.3 is 4.40 Å². The zero-order chi connectivity index (χ0) is 26.2. The van der Waals surface area contributed by atoms with Crippen molar-refractivity contribution in [1.29, 1.82) is 0 Å². The van der Waals surface area contributed by atoms with Gasteiger partial charge in [-0.2, -0.15) is 0 Å². The molecule has 0 atom stereocenters. The Morgan fingerprint density at radius 3 is 1.98 bits per heavy atom. The first kappa shape index (κ1) is 22.0. The maximum absolute atomic E-state index is 2.53. The molecule has 0 N–H and O–H groups in total. The molecule has 3 aromatic heterocycles. The fourth-order valence-corrected chi connectivity index (χ4v) is 7.70. The van der Waals surface area contributed by atoms with Gasteiger partial charge in [-0.05, 0) is 51.6 Å². The zero-order valence-electron chi connectivity index (χ0n) is 21.6. The summed E-state index contributed by atoms with van der Waals surface area (Å²) in [6, 6.07) is 51.2. The minimum atomic E-state index is 1.22. The fourth-order valence-electron chi connectivity index (χ4n) is 6.58. The number of aromatic nitrogens is 1. The van der Waals surface area contributed by atoms with Crippen molar-refractivity contribution in [2.45, 2.75) is 0 Å². The molecule has 9 rings (SSSR count). The van der Waals surface area contributed by atoms with E-state index < -0.39 is 0 Å². The zero-order valence-corrected chi connectivity index (χ0v) is 22.5. The molecule has 40 heavy (non-hydrogen) atoms. The Morgan fingerprint density at radius 2 is 1.15 bits per heavy atom. The monoisotopic (exact) mass is 525 g/mol. The van der Waals surface area contributed by atoms with E-state index in [4.69, 9.17) is 0 Å². The van der Waals surface area contributed by atoms with Crippen LogP contribution in [0.25, 0.3) is 80.5 Å². The van der Waals surface area contributed by atoms with E-state index in [0.717, 1.165) is 0 Å². The van der Waals surface area contributed by atoms with Crippen LogP contribution >= 0.6 is 11.3 Å². The molecule has 0 aliphatic heterocycles. The lowest BCUT2D eigenvalue weighted by Gasteiger charge is -2.15. The van der Waals surface area contributed by atoms with Crippen LogP contribution in [0.15, 0.2) is 140 Å². The van der Waals surface area contributed by atoms with E-state index >= 15 is 0 Å². The van der Waals surface area contributed by atoms with Gasteiger partial charge in [-0.1, -0.05) is 115 Å². The molecule has 0 fully saturated rings. The van der Waals surface area contributed by atoms with Crippen LogP contribution in [-0.2, 0) is 0 Å². The SMILES string of the molecule is c1ccc(-c2cc(-c3ccccc3)n3c4cc5sc6ccccc6c5cc4c4ccc5ccccc5c4c23)cc1. The molecule has 0 bridgehead atoms. The Bertz CT molecular complexity index is 2410. The van der Waals surface area contributed by atoms with Crippen molar-refractivity contribution in [2.75, 3.05) is 0 Å². The van der Waals surface area contributed by atoms with Crippen molar-refractivity contribution in [2.24, 2.45) is 0 Å². The normalized spacial score (nSPS) is 12.0. The summed E-state index contributed by atoms with van der Waals surface area (Å²) in [4.78, 5) is 0. The van der Waals surface area contributed by atoms with Gasteiger partial charge in [0.25, 0.3) is 0 Å². The van der Waals surface area contributed by atoms with Crippen LogP contribution < -0.4 is 0 Å². The maximum atomic E-state index is 2.53. The van der Waals surface area contributed by atoms with Crippen molar-refractivity contribution in [3.05, 3.63) is 140 Å². The van der Waals surface area contributed by atoms with Gasteiger partial charge in [0.2, 0.25) is 0 Å². The fraction of sp³-hybridized carbons (Fsp3) is 0. The lowest BCUT2D eigenvalue weighted by molar-refractivity contribution is 1.29. The first-order valence-corrected chi connectivity index (χ1v) is 14.5. The van der Waals surface area contributed by atoms with Crippen LogP contribution in [0.2, 0.25) is 0 Å². The number of nitrogens with zero attached hydrogens (tertiary/aromatic N) is 1. The number of rotatable bonds is 2. The molecule has 0 saturated carbocycles. The van der Waals surface area contributed by atoms with Gasteiger partial charge in [-0.3, -0.25) is 0 Å². The second kappa shape index (κ2) is 8.29. The van der Waals surface area contributed by atoms with Crippen LogP contribution in [0.3, 0.4) is 0 Å². The highest BCUT2D eigenvalue weighted by molar-refractivity contribution is 7.25. The second-order valence-electron chi connectivity index (χ2n) is 10.5. The summed E-state index contributed by atoms with van der Waals surface area (Å²) >= 11 is 1.88. The molecule has 0 saturated heterocycles. The first-order chi connectivity index (χ1) is 19.8. The van der Waals surface area contributed by atoms with Gasteiger partial charge in [0.05, 0.1) is 16.7 Å². The molecule has 0 aliphatic carbocycles. The number of thiophene rings is 1. The predicted molar refractivity (Wildman–Crippen MR) is 174 cm³/mol. The van der Waals surface area contributed by atoms with Crippen molar-refractivity contribution >= 4 is 69.5 Å². The Morgan fingerprint density at radius 1 is 0.450 bits per heavy atom. The highest BCUT2D eigenvalue weighted by atomic mass is 32.1. The van der Waals surface area contributed by atoms with E-state index in [0.29, 0.717) is 0 Å². The van der Waals surface area contributed by atoms with Crippen LogP contribution in [0.4, 0.5) is 0 Å². The molecule has 0 radical (unpaired) electrons. The number of fused-ring (bicyclic) bond motifs is 11. The van der Waals surface area contributed by atoms with E-state index in [9.17, 15) is 0 Å². The minimum absolute atomic E-state index is 1.22. The van der Waals surface area contributed by atoms with Gasteiger partial charge in [-0.25, -0.2) is 0 Å². The Hall–Kier alpha value is -4.92. The summed E-state index contributed by atoms with van der Waals surface area (Å²) in [5, 5.41) is 9.12. The molecule has 0 spiro atoms. The molecule has 0 amide bonds. The van der Waals surface area contributed by atoms with E-state index in [1.807, 2.05) is 11.3 Å². The van der Waals surface area contributed by atoms with E-state index in [-0.39, 0.29) is 0 Å². The second-order valence-corrected chi connectivity index (χ2v) is 11.6. The molecule has 186 valence electrons. The molecular weight excluding hydrogens is 502 g/mol. The van der Waals surface area contributed by atoms with Crippen molar-refractivity contribution in [3.8, 4) is 22.4 Å². The summed E-state index contributed by atoms with van der Waals surface area (Å²) < 4.78 is 5.19. The van der Waals surface area contributed by atoms with Gasteiger partial charge in [-0.15, -0.1) is 11.3 Å². The lowest BCUT2D eigenvalue weighted by Crippen LogP contribution is -1.95. The average Bonchev–Trinajstić information content (AvgIpc) is 3.60. The van der Waals surface area contributed by atoms with E-state index in [1.54, 1.807) is 0 Å². The van der Waals surface area contributed by atoms with Gasteiger partial charge in [0.15, 0.2) is 0 Å². The molecule has 2 heteroatoms. The summed E-state index contributed by atoms with van der Waals surface area (Å²) in [5.41, 5.74) is 7.45. The average molecular weight is 526 g/mol. The van der Waals surface area contributed by atoms with E-state index in [2.05, 4.69) is 144 Å². The summed E-state index contributed by atoms with van der Waals surface area (Å²) in [6.45, 7) is 0. The predicted octanol–water partition coefficient (Wildman–Crippen LogP) is 11.1. The van der Waals surface area contributed by atoms with E-state index in [1.165, 1.54) is 80.5 Å². The molecule has 1 nitrogen and oxygen atoms in total. The third-order valence-corrected chi connectivity index (χ3v) is 9.48. The van der Waals surface area contributed by atoms with Gasteiger partial charge in [0, 0.05) is 36.5 Å². The summed E-state index contributed by atoms with van der Waals surface area (Å²) in [5.74, 6) is 0. The summed E-state index contributed by atoms with van der Waals surface area (Å²) in [7, 11) is 0. The molecule has 0 unspecified atom stereocenters. The highest BCUT2D eigenvalue weighted by Gasteiger charge is 2.21. The smallest absolute Gasteiger partial charge is 0.0626 e. The largest absolute Gasteiger partial charge is 0.308 e. The topological polar surface area (TPSA) is 4.41 Å². The molecular formula is C38H23NS.